The first-order valence-corrected chi connectivity index (χ1v) is 6.09. The molecule has 3 aromatic rings. The van der Waals surface area contributed by atoms with E-state index in [9.17, 15) is 4.79 Å². The van der Waals surface area contributed by atoms with Gasteiger partial charge in [-0.1, -0.05) is 18.2 Å². The lowest BCUT2D eigenvalue weighted by Gasteiger charge is -2.04. The fourth-order valence-electron chi connectivity index (χ4n) is 2.14. The Morgan fingerprint density at radius 1 is 1.21 bits per heavy atom. The fraction of sp³-hybridized carbons (Fsp3) is 0.133. The Morgan fingerprint density at radius 2 is 2.05 bits per heavy atom. The summed E-state index contributed by atoms with van der Waals surface area (Å²) in [6.07, 6.45) is 3.86. The molecule has 94 valence electrons. The molecule has 0 aliphatic rings. The van der Waals surface area contributed by atoms with Gasteiger partial charge in [-0.05, 0) is 23.8 Å². The average molecular weight is 251 g/mol. The van der Waals surface area contributed by atoms with Crippen molar-refractivity contribution in [1.29, 1.82) is 0 Å². The van der Waals surface area contributed by atoms with Crippen LogP contribution < -0.4 is 0 Å². The number of hydrogen-bond acceptors (Lipinski definition) is 3. The van der Waals surface area contributed by atoms with Crippen molar-refractivity contribution < 1.29 is 4.79 Å². The summed E-state index contributed by atoms with van der Waals surface area (Å²) in [6, 6.07) is 11.5. The van der Waals surface area contributed by atoms with E-state index in [-0.39, 0.29) is 5.78 Å². The zero-order chi connectivity index (χ0) is 13.2. The number of para-hydroxylation sites is 1. The van der Waals surface area contributed by atoms with Crippen molar-refractivity contribution >= 4 is 16.7 Å². The lowest BCUT2D eigenvalue weighted by atomic mass is 10.0. The van der Waals surface area contributed by atoms with Crippen molar-refractivity contribution in [1.82, 2.24) is 14.8 Å². The van der Waals surface area contributed by atoms with Gasteiger partial charge in [-0.25, -0.2) is 0 Å². The van der Waals surface area contributed by atoms with Gasteiger partial charge in [0.1, 0.15) is 5.69 Å². The second kappa shape index (κ2) is 4.65. The highest BCUT2D eigenvalue weighted by molar-refractivity contribution is 5.98. The summed E-state index contributed by atoms with van der Waals surface area (Å²) in [5.74, 6) is 0.0250. The number of carbonyl (C=O) groups is 1. The Balaban J connectivity index is 1.95. The molecule has 4 nitrogen and oxygen atoms in total. The van der Waals surface area contributed by atoms with Crippen molar-refractivity contribution in [2.24, 2.45) is 7.05 Å². The first-order valence-electron chi connectivity index (χ1n) is 6.09. The number of aromatic nitrogens is 3. The van der Waals surface area contributed by atoms with Crippen LogP contribution in [0.5, 0.6) is 0 Å². The van der Waals surface area contributed by atoms with Gasteiger partial charge in [-0.2, -0.15) is 5.10 Å². The van der Waals surface area contributed by atoms with Gasteiger partial charge in [0.05, 0.1) is 5.52 Å². The molecule has 1 aromatic carbocycles. The number of aryl methyl sites for hydroxylation is 1. The second-order valence-corrected chi connectivity index (χ2v) is 4.46. The van der Waals surface area contributed by atoms with Crippen molar-refractivity contribution in [2.75, 3.05) is 0 Å². The molecule has 4 heteroatoms. The fourth-order valence-corrected chi connectivity index (χ4v) is 2.14. The Kier molecular flexibility index (Phi) is 2.83. The predicted molar refractivity (Wildman–Crippen MR) is 73.0 cm³/mol. The number of nitrogens with zero attached hydrogens (tertiary/aromatic N) is 3. The summed E-state index contributed by atoms with van der Waals surface area (Å²) >= 11 is 0. The normalized spacial score (nSPS) is 10.8. The highest BCUT2D eigenvalue weighted by Crippen LogP contribution is 2.17. The summed E-state index contributed by atoms with van der Waals surface area (Å²) in [7, 11) is 1.80. The molecule has 0 aliphatic heterocycles. The van der Waals surface area contributed by atoms with Gasteiger partial charge >= 0.3 is 0 Å². The Morgan fingerprint density at radius 3 is 2.84 bits per heavy atom. The predicted octanol–water partition coefficient (Wildman–Crippen LogP) is 2.39. The van der Waals surface area contributed by atoms with E-state index in [1.54, 1.807) is 30.2 Å². The monoisotopic (exact) mass is 251 g/mol. The molecule has 0 saturated carbocycles. The van der Waals surface area contributed by atoms with Gasteiger partial charge in [0.2, 0.25) is 0 Å². The van der Waals surface area contributed by atoms with Gasteiger partial charge in [0, 0.05) is 31.2 Å². The van der Waals surface area contributed by atoms with E-state index in [1.807, 2.05) is 30.3 Å². The molecular formula is C15H13N3O. The summed E-state index contributed by atoms with van der Waals surface area (Å²) in [5, 5.41) is 5.16. The molecule has 19 heavy (non-hydrogen) atoms. The Hall–Kier alpha value is -2.49. The Bertz CT molecular complexity index is 740. The number of Topliss-reactive ketones (excluding diaryl/α,β-unsaturated/α-hetero) is 1. The number of benzene rings is 1. The summed E-state index contributed by atoms with van der Waals surface area (Å²) in [5.41, 5.74) is 2.40. The van der Waals surface area contributed by atoms with Gasteiger partial charge in [0.25, 0.3) is 0 Å². The third-order valence-electron chi connectivity index (χ3n) is 3.09. The largest absolute Gasteiger partial charge is 0.292 e. The highest BCUT2D eigenvalue weighted by Gasteiger charge is 2.11. The molecule has 0 radical (unpaired) electrons. The number of ketones is 1. The van der Waals surface area contributed by atoms with Gasteiger partial charge in [-0.3, -0.25) is 14.5 Å². The van der Waals surface area contributed by atoms with Gasteiger partial charge in [-0.15, -0.1) is 0 Å². The molecule has 0 aliphatic carbocycles. The molecule has 2 aromatic heterocycles. The molecule has 0 fully saturated rings. The molecule has 0 amide bonds. The molecule has 0 atom stereocenters. The maximum absolute atomic E-state index is 12.2. The third-order valence-corrected chi connectivity index (χ3v) is 3.09. The summed E-state index contributed by atoms with van der Waals surface area (Å²) < 4.78 is 1.64. The van der Waals surface area contributed by atoms with Crippen molar-refractivity contribution in [3.63, 3.8) is 0 Å². The number of rotatable bonds is 3. The average Bonchev–Trinajstić information content (AvgIpc) is 2.86. The summed E-state index contributed by atoms with van der Waals surface area (Å²) in [4.78, 5) is 16.5. The van der Waals surface area contributed by atoms with Crippen LogP contribution in [0.2, 0.25) is 0 Å². The Labute approximate surface area is 110 Å². The number of fused-ring (bicyclic) bond motifs is 1. The molecule has 0 spiro atoms. The van der Waals surface area contributed by atoms with Crippen LogP contribution in [0.4, 0.5) is 0 Å². The molecule has 0 bridgehead atoms. The van der Waals surface area contributed by atoms with E-state index in [2.05, 4.69) is 10.1 Å². The standard InChI is InChI=1S/C15H13N3O/c1-18-9-7-14(17-18)15(19)10-11-6-8-16-13-5-3-2-4-12(11)13/h2-9H,10H2,1H3. The molecule has 3 rings (SSSR count). The van der Waals surface area contributed by atoms with E-state index in [1.165, 1.54) is 0 Å². The van der Waals surface area contributed by atoms with Crippen LogP contribution in [0.15, 0.2) is 48.8 Å². The highest BCUT2D eigenvalue weighted by atomic mass is 16.1. The minimum absolute atomic E-state index is 0.0250. The molecule has 0 saturated heterocycles. The molecule has 0 unspecified atom stereocenters. The van der Waals surface area contributed by atoms with E-state index in [4.69, 9.17) is 0 Å². The van der Waals surface area contributed by atoms with Crippen LogP contribution in [-0.4, -0.2) is 20.5 Å². The first-order chi connectivity index (χ1) is 9.24. The SMILES string of the molecule is Cn1ccc(C(=O)Cc2ccnc3ccccc23)n1. The number of hydrogen-bond donors (Lipinski definition) is 0. The van der Waals surface area contributed by atoms with Gasteiger partial charge in [0.15, 0.2) is 5.78 Å². The zero-order valence-corrected chi connectivity index (χ0v) is 10.6. The lowest BCUT2D eigenvalue weighted by molar-refractivity contribution is 0.0988. The first kappa shape index (κ1) is 11.6. The smallest absolute Gasteiger partial charge is 0.187 e. The maximum atomic E-state index is 12.2. The third kappa shape index (κ3) is 2.25. The van der Waals surface area contributed by atoms with E-state index >= 15 is 0 Å². The number of pyridine rings is 1. The quantitative estimate of drug-likeness (QED) is 0.671. The maximum Gasteiger partial charge on any atom is 0.187 e. The van der Waals surface area contributed by atoms with Crippen LogP contribution >= 0.6 is 0 Å². The molecular weight excluding hydrogens is 238 g/mol. The molecule has 0 N–H and O–H groups in total. The minimum atomic E-state index is 0.0250. The number of carbonyl (C=O) groups excluding carboxylic acids is 1. The van der Waals surface area contributed by atoms with Gasteiger partial charge < -0.3 is 0 Å². The van der Waals surface area contributed by atoms with E-state index < -0.39 is 0 Å². The van der Waals surface area contributed by atoms with E-state index in [0.717, 1.165) is 16.5 Å². The summed E-state index contributed by atoms with van der Waals surface area (Å²) in [6.45, 7) is 0. The van der Waals surface area contributed by atoms with Crippen LogP contribution in [-0.2, 0) is 13.5 Å². The van der Waals surface area contributed by atoms with Crippen molar-refractivity contribution in [3.8, 4) is 0 Å². The van der Waals surface area contributed by atoms with Crippen LogP contribution in [0.3, 0.4) is 0 Å². The van der Waals surface area contributed by atoms with Crippen molar-refractivity contribution in [3.05, 3.63) is 60.0 Å². The second-order valence-electron chi connectivity index (χ2n) is 4.46. The molecule has 2 heterocycles. The zero-order valence-electron chi connectivity index (χ0n) is 10.6. The van der Waals surface area contributed by atoms with E-state index in [0.29, 0.717) is 12.1 Å². The van der Waals surface area contributed by atoms with Crippen LogP contribution in [0.1, 0.15) is 16.1 Å². The van der Waals surface area contributed by atoms with Crippen LogP contribution in [0.25, 0.3) is 10.9 Å². The minimum Gasteiger partial charge on any atom is -0.292 e. The topological polar surface area (TPSA) is 47.8 Å². The lowest BCUT2D eigenvalue weighted by Crippen LogP contribution is -2.06. The van der Waals surface area contributed by atoms with Crippen LogP contribution in [0, 0.1) is 0 Å². The van der Waals surface area contributed by atoms with Crippen molar-refractivity contribution in [2.45, 2.75) is 6.42 Å².